The van der Waals surface area contributed by atoms with Crippen molar-refractivity contribution in [2.24, 2.45) is 0 Å². The van der Waals surface area contributed by atoms with Crippen molar-refractivity contribution in [1.82, 2.24) is 4.98 Å². The second kappa shape index (κ2) is 7.79. The SMILES string of the molecule is CCCOCCC(=O)c1cncc(OCC)c1. The van der Waals surface area contributed by atoms with Crippen molar-refractivity contribution in [1.29, 1.82) is 0 Å². The molecule has 0 unspecified atom stereocenters. The molecule has 0 bridgehead atoms. The highest BCUT2D eigenvalue weighted by molar-refractivity contribution is 5.96. The van der Waals surface area contributed by atoms with Gasteiger partial charge < -0.3 is 9.47 Å². The van der Waals surface area contributed by atoms with Crippen LogP contribution in [-0.4, -0.2) is 30.6 Å². The first-order chi connectivity index (χ1) is 8.27. The number of carbonyl (C=O) groups excluding carboxylic acids is 1. The van der Waals surface area contributed by atoms with E-state index in [1.54, 1.807) is 18.5 Å². The number of hydrogen-bond donors (Lipinski definition) is 0. The van der Waals surface area contributed by atoms with Gasteiger partial charge in [-0.15, -0.1) is 0 Å². The van der Waals surface area contributed by atoms with Gasteiger partial charge in [-0.2, -0.15) is 0 Å². The summed E-state index contributed by atoms with van der Waals surface area (Å²) in [6.07, 6.45) is 4.52. The molecule has 1 rings (SSSR count). The Balaban J connectivity index is 2.47. The molecule has 0 amide bonds. The maximum Gasteiger partial charge on any atom is 0.166 e. The number of aromatic nitrogens is 1. The zero-order valence-corrected chi connectivity index (χ0v) is 10.4. The van der Waals surface area contributed by atoms with Gasteiger partial charge in [0.25, 0.3) is 0 Å². The Morgan fingerprint density at radius 3 is 2.82 bits per heavy atom. The van der Waals surface area contributed by atoms with Crippen LogP contribution < -0.4 is 4.74 Å². The number of ether oxygens (including phenoxy) is 2. The monoisotopic (exact) mass is 237 g/mol. The van der Waals surface area contributed by atoms with Gasteiger partial charge in [-0.05, 0) is 19.4 Å². The minimum absolute atomic E-state index is 0.0372. The zero-order chi connectivity index (χ0) is 12.5. The molecule has 0 aliphatic heterocycles. The minimum Gasteiger partial charge on any atom is -0.492 e. The number of nitrogens with zero attached hydrogens (tertiary/aromatic N) is 1. The highest BCUT2D eigenvalue weighted by Crippen LogP contribution is 2.12. The number of carbonyl (C=O) groups is 1. The van der Waals surface area contributed by atoms with Crippen molar-refractivity contribution in [3.63, 3.8) is 0 Å². The molecule has 0 aromatic carbocycles. The maximum atomic E-state index is 11.8. The molecule has 0 N–H and O–H groups in total. The van der Waals surface area contributed by atoms with E-state index in [1.165, 1.54) is 0 Å². The lowest BCUT2D eigenvalue weighted by Crippen LogP contribution is -2.06. The van der Waals surface area contributed by atoms with Gasteiger partial charge in [-0.25, -0.2) is 0 Å². The highest BCUT2D eigenvalue weighted by atomic mass is 16.5. The predicted octanol–water partition coefficient (Wildman–Crippen LogP) is 2.48. The second-order valence-electron chi connectivity index (χ2n) is 3.63. The van der Waals surface area contributed by atoms with E-state index in [-0.39, 0.29) is 5.78 Å². The van der Waals surface area contributed by atoms with Crippen LogP contribution in [0.15, 0.2) is 18.5 Å². The van der Waals surface area contributed by atoms with Gasteiger partial charge in [-0.1, -0.05) is 6.92 Å². The average molecular weight is 237 g/mol. The molecule has 1 aromatic heterocycles. The van der Waals surface area contributed by atoms with Gasteiger partial charge in [-0.3, -0.25) is 9.78 Å². The Bertz CT molecular complexity index is 352. The Hall–Kier alpha value is -1.42. The fourth-order valence-corrected chi connectivity index (χ4v) is 1.37. The lowest BCUT2D eigenvalue weighted by atomic mass is 10.1. The molecule has 1 heterocycles. The Labute approximate surface area is 102 Å². The van der Waals surface area contributed by atoms with Gasteiger partial charge in [0, 0.05) is 24.8 Å². The summed E-state index contributed by atoms with van der Waals surface area (Å²) < 4.78 is 10.6. The van der Waals surface area contributed by atoms with Crippen molar-refractivity contribution in [2.75, 3.05) is 19.8 Å². The van der Waals surface area contributed by atoms with E-state index in [0.29, 0.717) is 37.6 Å². The number of Topliss-reactive ketones (excluding diaryl/α,β-unsaturated/α-hetero) is 1. The van der Waals surface area contributed by atoms with E-state index in [9.17, 15) is 4.79 Å². The van der Waals surface area contributed by atoms with Crippen molar-refractivity contribution in [2.45, 2.75) is 26.7 Å². The van der Waals surface area contributed by atoms with E-state index in [1.807, 2.05) is 13.8 Å². The number of hydrogen-bond acceptors (Lipinski definition) is 4. The number of pyridine rings is 1. The van der Waals surface area contributed by atoms with Crippen LogP contribution >= 0.6 is 0 Å². The van der Waals surface area contributed by atoms with Crippen molar-refractivity contribution < 1.29 is 14.3 Å². The summed E-state index contributed by atoms with van der Waals surface area (Å²) in [4.78, 5) is 15.8. The summed E-state index contributed by atoms with van der Waals surface area (Å²) >= 11 is 0. The van der Waals surface area contributed by atoms with Gasteiger partial charge in [0.1, 0.15) is 5.75 Å². The topological polar surface area (TPSA) is 48.4 Å². The molecule has 0 atom stereocenters. The summed E-state index contributed by atoms with van der Waals surface area (Å²) in [6, 6.07) is 1.72. The Morgan fingerprint density at radius 1 is 1.29 bits per heavy atom. The molecule has 0 aliphatic carbocycles. The zero-order valence-electron chi connectivity index (χ0n) is 10.4. The molecule has 0 radical (unpaired) electrons. The van der Waals surface area contributed by atoms with Crippen LogP contribution in [0, 0.1) is 0 Å². The molecular formula is C13H19NO3. The Morgan fingerprint density at radius 2 is 2.12 bits per heavy atom. The Kier molecular flexibility index (Phi) is 6.25. The van der Waals surface area contributed by atoms with Crippen LogP contribution in [0.5, 0.6) is 5.75 Å². The first-order valence-corrected chi connectivity index (χ1v) is 5.96. The molecule has 17 heavy (non-hydrogen) atoms. The molecule has 0 fully saturated rings. The molecule has 0 saturated heterocycles. The van der Waals surface area contributed by atoms with Crippen LogP contribution in [0.2, 0.25) is 0 Å². The third-order valence-electron chi connectivity index (χ3n) is 2.17. The van der Waals surface area contributed by atoms with Crippen molar-refractivity contribution >= 4 is 5.78 Å². The second-order valence-corrected chi connectivity index (χ2v) is 3.63. The van der Waals surface area contributed by atoms with Gasteiger partial charge in [0.15, 0.2) is 5.78 Å². The summed E-state index contributed by atoms with van der Waals surface area (Å²) in [5.74, 6) is 0.669. The highest BCUT2D eigenvalue weighted by Gasteiger charge is 2.07. The molecule has 94 valence electrons. The fourth-order valence-electron chi connectivity index (χ4n) is 1.37. The number of ketones is 1. The predicted molar refractivity (Wildman–Crippen MR) is 65.5 cm³/mol. The summed E-state index contributed by atoms with van der Waals surface area (Å²) in [5.41, 5.74) is 0.580. The summed E-state index contributed by atoms with van der Waals surface area (Å²) in [5, 5.41) is 0. The molecule has 0 spiro atoms. The molecule has 0 saturated carbocycles. The molecule has 4 nitrogen and oxygen atoms in total. The average Bonchev–Trinajstić information content (AvgIpc) is 2.35. The molecule has 0 aliphatic rings. The van der Waals surface area contributed by atoms with E-state index in [2.05, 4.69) is 4.98 Å². The molecular weight excluding hydrogens is 218 g/mol. The van der Waals surface area contributed by atoms with Crippen LogP contribution in [0.1, 0.15) is 37.0 Å². The molecule has 1 aromatic rings. The van der Waals surface area contributed by atoms with Crippen LogP contribution in [-0.2, 0) is 4.74 Å². The third-order valence-corrected chi connectivity index (χ3v) is 2.17. The third kappa shape index (κ3) is 4.95. The summed E-state index contributed by atoms with van der Waals surface area (Å²) in [6.45, 7) is 5.67. The lowest BCUT2D eigenvalue weighted by Gasteiger charge is -2.05. The quantitative estimate of drug-likeness (QED) is 0.515. The lowest BCUT2D eigenvalue weighted by molar-refractivity contribution is 0.0878. The standard InChI is InChI=1S/C13H19NO3/c1-3-6-16-7-5-13(15)11-8-12(17-4-2)10-14-9-11/h8-10H,3-7H2,1-2H3. The maximum absolute atomic E-state index is 11.8. The van der Waals surface area contributed by atoms with Gasteiger partial charge in [0.2, 0.25) is 0 Å². The first kappa shape index (κ1) is 13.6. The number of rotatable bonds is 8. The fraction of sp³-hybridized carbons (Fsp3) is 0.538. The van der Waals surface area contributed by atoms with Crippen molar-refractivity contribution in [3.05, 3.63) is 24.0 Å². The van der Waals surface area contributed by atoms with E-state index in [0.717, 1.165) is 6.42 Å². The molecule has 4 heteroatoms. The van der Waals surface area contributed by atoms with E-state index >= 15 is 0 Å². The van der Waals surface area contributed by atoms with Crippen LogP contribution in [0.4, 0.5) is 0 Å². The first-order valence-electron chi connectivity index (χ1n) is 5.96. The van der Waals surface area contributed by atoms with Gasteiger partial charge >= 0.3 is 0 Å². The van der Waals surface area contributed by atoms with Crippen molar-refractivity contribution in [3.8, 4) is 5.75 Å². The van der Waals surface area contributed by atoms with Crippen LogP contribution in [0.3, 0.4) is 0 Å². The summed E-state index contributed by atoms with van der Waals surface area (Å²) in [7, 11) is 0. The normalized spacial score (nSPS) is 10.2. The van der Waals surface area contributed by atoms with E-state index in [4.69, 9.17) is 9.47 Å². The smallest absolute Gasteiger partial charge is 0.166 e. The van der Waals surface area contributed by atoms with Gasteiger partial charge in [0.05, 0.1) is 19.4 Å². The minimum atomic E-state index is 0.0372. The van der Waals surface area contributed by atoms with Crippen LogP contribution in [0.25, 0.3) is 0 Å². The van der Waals surface area contributed by atoms with E-state index < -0.39 is 0 Å². The largest absolute Gasteiger partial charge is 0.492 e.